The van der Waals surface area contributed by atoms with E-state index in [0.717, 1.165) is 23.3 Å². The molecule has 0 aliphatic heterocycles. The summed E-state index contributed by atoms with van der Waals surface area (Å²) in [5.41, 5.74) is 7.87. The van der Waals surface area contributed by atoms with Gasteiger partial charge >= 0.3 is 0 Å². The van der Waals surface area contributed by atoms with Gasteiger partial charge < -0.3 is 15.4 Å². The summed E-state index contributed by atoms with van der Waals surface area (Å²) in [6.45, 7) is 2.40. The largest absolute Gasteiger partial charge is 0.495 e. The first-order valence-corrected chi connectivity index (χ1v) is 6.94. The van der Waals surface area contributed by atoms with E-state index in [1.807, 2.05) is 6.07 Å². The van der Waals surface area contributed by atoms with E-state index in [2.05, 4.69) is 17.0 Å². The van der Waals surface area contributed by atoms with Crippen LogP contribution in [0.25, 0.3) is 0 Å². The van der Waals surface area contributed by atoms with Crippen molar-refractivity contribution in [2.45, 2.75) is 25.7 Å². The fraction of sp³-hybridized carbons (Fsp3) is 0.600. The highest BCUT2D eigenvalue weighted by Crippen LogP contribution is 2.37. The van der Waals surface area contributed by atoms with Gasteiger partial charge in [-0.1, -0.05) is 0 Å². The van der Waals surface area contributed by atoms with Gasteiger partial charge in [0.15, 0.2) is 0 Å². The standard InChI is InChI=1S/C15H22N2O/c1-18-15-8-13(6-7-14(15)16)17(9-11-2-3-11)10-12-4-5-12/h6-8,11-12H,2-5,9-10,16H2,1H3. The lowest BCUT2D eigenvalue weighted by molar-refractivity contribution is 0.417. The van der Waals surface area contributed by atoms with Crippen molar-refractivity contribution in [3.05, 3.63) is 18.2 Å². The molecule has 2 saturated carbocycles. The van der Waals surface area contributed by atoms with Crippen LogP contribution in [0, 0.1) is 11.8 Å². The fourth-order valence-electron chi connectivity index (χ4n) is 2.41. The molecule has 0 aromatic heterocycles. The summed E-state index contributed by atoms with van der Waals surface area (Å²) in [7, 11) is 1.68. The minimum Gasteiger partial charge on any atom is -0.495 e. The van der Waals surface area contributed by atoms with Crippen molar-refractivity contribution in [3.63, 3.8) is 0 Å². The lowest BCUT2D eigenvalue weighted by atomic mass is 10.2. The molecule has 2 aliphatic rings. The number of nitrogens with zero attached hydrogens (tertiary/aromatic N) is 1. The average molecular weight is 246 g/mol. The Labute approximate surface area is 109 Å². The van der Waals surface area contributed by atoms with Gasteiger partial charge in [0.25, 0.3) is 0 Å². The third kappa shape index (κ3) is 2.71. The zero-order valence-electron chi connectivity index (χ0n) is 11.1. The van der Waals surface area contributed by atoms with Crippen molar-refractivity contribution in [3.8, 4) is 5.75 Å². The highest BCUT2D eigenvalue weighted by molar-refractivity contribution is 5.62. The highest BCUT2D eigenvalue weighted by Gasteiger charge is 2.29. The molecule has 0 amide bonds. The molecular formula is C15H22N2O. The Hall–Kier alpha value is -1.38. The molecule has 2 aliphatic carbocycles. The predicted octanol–water partition coefficient (Wildman–Crippen LogP) is 2.90. The Morgan fingerprint density at radius 1 is 1.17 bits per heavy atom. The second-order valence-electron chi connectivity index (χ2n) is 5.72. The molecule has 98 valence electrons. The number of rotatable bonds is 6. The Morgan fingerprint density at radius 2 is 1.78 bits per heavy atom. The molecule has 2 N–H and O–H groups in total. The summed E-state index contributed by atoms with van der Waals surface area (Å²) in [5.74, 6) is 2.61. The fourth-order valence-corrected chi connectivity index (χ4v) is 2.41. The summed E-state index contributed by atoms with van der Waals surface area (Å²) in [6.07, 6.45) is 5.58. The molecule has 3 nitrogen and oxygen atoms in total. The molecule has 0 heterocycles. The number of nitrogen functional groups attached to an aromatic ring is 1. The van der Waals surface area contributed by atoms with Crippen LogP contribution in [0.5, 0.6) is 5.75 Å². The van der Waals surface area contributed by atoms with Crippen molar-refractivity contribution in [2.75, 3.05) is 30.8 Å². The maximum atomic E-state index is 5.88. The minimum absolute atomic E-state index is 0.721. The van der Waals surface area contributed by atoms with E-state index in [1.54, 1.807) is 7.11 Å². The number of hydrogen-bond donors (Lipinski definition) is 1. The van der Waals surface area contributed by atoms with Crippen molar-refractivity contribution in [1.82, 2.24) is 0 Å². The van der Waals surface area contributed by atoms with Crippen molar-refractivity contribution in [2.24, 2.45) is 11.8 Å². The van der Waals surface area contributed by atoms with Crippen LogP contribution in [0.3, 0.4) is 0 Å². The van der Waals surface area contributed by atoms with Crippen LogP contribution < -0.4 is 15.4 Å². The van der Waals surface area contributed by atoms with Gasteiger partial charge in [-0.2, -0.15) is 0 Å². The maximum absolute atomic E-state index is 5.88. The van der Waals surface area contributed by atoms with E-state index < -0.39 is 0 Å². The van der Waals surface area contributed by atoms with E-state index in [9.17, 15) is 0 Å². The molecule has 0 bridgehead atoms. The molecule has 18 heavy (non-hydrogen) atoms. The van der Waals surface area contributed by atoms with Gasteiger partial charge in [-0.15, -0.1) is 0 Å². The predicted molar refractivity (Wildman–Crippen MR) is 75.1 cm³/mol. The first-order valence-electron chi connectivity index (χ1n) is 6.94. The van der Waals surface area contributed by atoms with Crippen molar-refractivity contribution in [1.29, 1.82) is 0 Å². The van der Waals surface area contributed by atoms with E-state index in [4.69, 9.17) is 10.5 Å². The van der Waals surface area contributed by atoms with Gasteiger partial charge in [0.2, 0.25) is 0 Å². The second kappa shape index (κ2) is 4.71. The quantitative estimate of drug-likeness (QED) is 0.784. The topological polar surface area (TPSA) is 38.5 Å². The Bertz CT molecular complexity index is 411. The van der Waals surface area contributed by atoms with Crippen LogP contribution >= 0.6 is 0 Å². The SMILES string of the molecule is COc1cc(N(CC2CC2)CC2CC2)ccc1N. The number of hydrogen-bond acceptors (Lipinski definition) is 3. The number of nitrogens with two attached hydrogens (primary N) is 1. The Morgan fingerprint density at radius 3 is 2.28 bits per heavy atom. The number of benzene rings is 1. The van der Waals surface area contributed by atoms with Crippen molar-refractivity contribution >= 4 is 11.4 Å². The lowest BCUT2D eigenvalue weighted by Crippen LogP contribution is -2.28. The molecule has 3 heteroatoms. The second-order valence-corrected chi connectivity index (χ2v) is 5.72. The van der Waals surface area contributed by atoms with Crippen LogP contribution in [-0.4, -0.2) is 20.2 Å². The molecule has 0 atom stereocenters. The van der Waals surface area contributed by atoms with E-state index >= 15 is 0 Å². The van der Waals surface area contributed by atoms with Gasteiger partial charge in [-0.05, 0) is 49.7 Å². The van der Waals surface area contributed by atoms with Gasteiger partial charge in [-0.25, -0.2) is 0 Å². The van der Waals surface area contributed by atoms with Gasteiger partial charge in [0, 0.05) is 24.8 Å². The van der Waals surface area contributed by atoms with Crippen LogP contribution in [0.15, 0.2) is 18.2 Å². The van der Waals surface area contributed by atoms with Crippen LogP contribution in [-0.2, 0) is 0 Å². The molecule has 0 spiro atoms. The zero-order valence-corrected chi connectivity index (χ0v) is 11.1. The smallest absolute Gasteiger partial charge is 0.143 e. The Kier molecular flexibility index (Phi) is 3.06. The molecule has 0 unspecified atom stereocenters. The number of ether oxygens (including phenoxy) is 1. The van der Waals surface area contributed by atoms with Gasteiger partial charge in [0.05, 0.1) is 12.8 Å². The summed E-state index contributed by atoms with van der Waals surface area (Å²) in [4.78, 5) is 2.53. The third-order valence-corrected chi connectivity index (χ3v) is 3.93. The highest BCUT2D eigenvalue weighted by atomic mass is 16.5. The Balaban J connectivity index is 1.77. The normalized spacial score (nSPS) is 18.7. The minimum atomic E-state index is 0.721. The maximum Gasteiger partial charge on any atom is 0.143 e. The molecule has 0 radical (unpaired) electrons. The lowest BCUT2D eigenvalue weighted by Gasteiger charge is -2.25. The van der Waals surface area contributed by atoms with E-state index in [0.29, 0.717) is 0 Å². The third-order valence-electron chi connectivity index (χ3n) is 3.93. The van der Waals surface area contributed by atoms with Crippen LogP contribution in [0.1, 0.15) is 25.7 Å². The monoisotopic (exact) mass is 246 g/mol. The summed E-state index contributed by atoms with van der Waals surface area (Å²) >= 11 is 0. The van der Waals surface area contributed by atoms with Crippen molar-refractivity contribution < 1.29 is 4.74 Å². The molecular weight excluding hydrogens is 224 g/mol. The van der Waals surface area contributed by atoms with E-state index in [1.165, 1.54) is 44.5 Å². The summed E-state index contributed by atoms with van der Waals surface area (Å²) < 4.78 is 5.33. The van der Waals surface area contributed by atoms with Crippen LogP contribution in [0.2, 0.25) is 0 Å². The first-order chi connectivity index (χ1) is 8.76. The molecule has 1 aromatic carbocycles. The first kappa shape index (κ1) is 11.7. The van der Waals surface area contributed by atoms with Gasteiger partial charge in [0.1, 0.15) is 5.75 Å². The summed E-state index contributed by atoms with van der Waals surface area (Å²) in [6, 6.07) is 6.17. The van der Waals surface area contributed by atoms with Crippen LogP contribution in [0.4, 0.5) is 11.4 Å². The molecule has 1 aromatic rings. The number of methoxy groups -OCH3 is 1. The molecule has 2 fully saturated rings. The average Bonchev–Trinajstić information content (AvgIpc) is 3.24. The summed E-state index contributed by atoms with van der Waals surface area (Å²) in [5, 5.41) is 0. The molecule has 3 rings (SSSR count). The zero-order chi connectivity index (χ0) is 12.5. The van der Waals surface area contributed by atoms with Gasteiger partial charge in [-0.3, -0.25) is 0 Å². The van der Waals surface area contributed by atoms with E-state index in [-0.39, 0.29) is 0 Å². The molecule has 0 saturated heterocycles. The number of anilines is 2.